The van der Waals surface area contributed by atoms with Crippen LogP contribution in [0.15, 0.2) is 48.5 Å². The Kier molecular flexibility index (Phi) is 5.20. The molecule has 0 aliphatic carbocycles. The molecule has 0 aliphatic rings. The zero-order valence-electron chi connectivity index (χ0n) is 11.6. The number of halogens is 1. The van der Waals surface area contributed by atoms with Crippen LogP contribution in [0.25, 0.3) is 0 Å². The summed E-state index contributed by atoms with van der Waals surface area (Å²) in [6.45, 7) is 0.489. The molecule has 5 heteroatoms. The van der Waals surface area contributed by atoms with Crippen LogP contribution in [0.2, 0.25) is 5.02 Å². The third-order valence-corrected chi connectivity index (χ3v) is 3.57. The first-order valence-corrected chi connectivity index (χ1v) is 7.10. The fraction of sp³-hybridized carbons (Fsp3) is 0.188. The smallest absolute Gasteiger partial charge is 0.251 e. The van der Waals surface area contributed by atoms with Crippen LogP contribution in [-0.4, -0.2) is 12.5 Å². The van der Waals surface area contributed by atoms with E-state index in [-0.39, 0.29) is 11.9 Å². The number of nitrogens with one attached hydrogen (secondary N) is 1. The molecular formula is C16H18ClN3O. The van der Waals surface area contributed by atoms with Gasteiger partial charge in [-0.1, -0.05) is 41.9 Å². The van der Waals surface area contributed by atoms with Gasteiger partial charge < -0.3 is 16.8 Å². The molecule has 0 radical (unpaired) electrons. The van der Waals surface area contributed by atoms with Crippen LogP contribution >= 0.6 is 11.6 Å². The van der Waals surface area contributed by atoms with Gasteiger partial charge in [0.2, 0.25) is 0 Å². The lowest BCUT2D eigenvalue weighted by atomic mass is 10.0. The van der Waals surface area contributed by atoms with Gasteiger partial charge in [0, 0.05) is 5.56 Å². The highest BCUT2D eigenvalue weighted by molar-refractivity contribution is 6.33. The van der Waals surface area contributed by atoms with Crippen molar-refractivity contribution >= 4 is 23.2 Å². The van der Waals surface area contributed by atoms with Crippen molar-refractivity contribution in [1.29, 1.82) is 0 Å². The molecule has 5 N–H and O–H groups in total. The van der Waals surface area contributed by atoms with E-state index in [2.05, 4.69) is 5.32 Å². The normalized spacial score (nSPS) is 11.9. The highest BCUT2D eigenvalue weighted by Crippen LogP contribution is 2.21. The summed E-state index contributed by atoms with van der Waals surface area (Å²) in [6.07, 6.45) is 0.666. The van der Waals surface area contributed by atoms with Gasteiger partial charge in [-0.3, -0.25) is 4.79 Å². The minimum absolute atomic E-state index is 0.124. The standard InChI is InChI=1S/C16H18ClN3O/c17-13-7-6-12(10-14(13)19)16(21)20-15(8-9-18)11-4-2-1-3-5-11/h1-7,10,15H,8-9,18-19H2,(H,20,21). The number of benzene rings is 2. The maximum Gasteiger partial charge on any atom is 0.251 e. The molecule has 2 rings (SSSR count). The van der Waals surface area contributed by atoms with E-state index in [4.69, 9.17) is 23.1 Å². The predicted octanol–water partition coefficient (Wildman–Crippen LogP) is 2.74. The number of anilines is 1. The molecule has 0 aliphatic heterocycles. The monoisotopic (exact) mass is 303 g/mol. The van der Waals surface area contributed by atoms with Crippen molar-refractivity contribution in [3.8, 4) is 0 Å². The second-order valence-corrected chi connectivity index (χ2v) is 5.16. The minimum atomic E-state index is -0.194. The number of carbonyl (C=O) groups is 1. The van der Waals surface area contributed by atoms with Gasteiger partial charge in [-0.15, -0.1) is 0 Å². The third kappa shape index (κ3) is 3.97. The summed E-state index contributed by atoms with van der Waals surface area (Å²) in [4.78, 5) is 12.3. The van der Waals surface area contributed by atoms with E-state index in [1.165, 1.54) is 0 Å². The number of nitrogens with two attached hydrogens (primary N) is 2. The molecule has 0 saturated heterocycles. The molecule has 1 unspecified atom stereocenters. The lowest BCUT2D eigenvalue weighted by Gasteiger charge is -2.18. The molecule has 110 valence electrons. The Labute approximate surface area is 129 Å². The van der Waals surface area contributed by atoms with E-state index in [1.54, 1.807) is 18.2 Å². The molecule has 1 atom stereocenters. The largest absolute Gasteiger partial charge is 0.398 e. The van der Waals surface area contributed by atoms with E-state index >= 15 is 0 Å². The van der Waals surface area contributed by atoms with E-state index < -0.39 is 0 Å². The van der Waals surface area contributed by atoms with Gasteiger partial charge in [0.15, 0.2) is 0 Å². The lowest BCUT2D eigenvalue weighted by Crippen LogP contribution is -2.30. The molecule has 0 heterocycles. The zero-order valence-corrected chi connectivity index (χ0v) is 12.3. The van der Waals surface area contributed by atoms with Gasteiger partial charge in [0.05, 0.1) is 16.8 Å². The van der Waals surface area contributed by atoms with Crippen LogP contribution < -0.4 is 16.8 Å². The maximum absolute atomic E-state index is 12.3. The summed E-state index contributed by atoms with van der Waals surface area (Å²) in [7, 11) is 0. The van der Waals surface area contributed by atoms with Gasteiger partial charge in [0.25, 0.3) is 5.91 Å². The van der Waals surface area contributed by atoms with Crippen LogP contribution in [0, 0.1) is 0 Å². The zero-order chi connectivity index (χ0) is 15.2. The first kappa shape index (κ1) is 15.4. The maximum atomic E-state index is 12.3. The summed E-state index contributed by atoms with van der Waals surface area (Å²) in [6, 6.07) is 14.5. The summed E-state index contributed by atoms with van der Waals surface area (Å²) in [5, 5.41) is 3.42. The average Bonchev–Trinajstić information content (AvgIpc) is 2.50. The van der Waals surface area contributed by atoms with E-state index in [9.17, 15) is 4.79 Å². The fourth-order valence-corrected chi connectivity index (χ4v) is 2.22. The molecule has 0 bridgehead atoms. The van der Waals surface area contributed by atoms with E-state index in [0.717, 1.165) is 5.56 Å². The summed E-state index contributed by atoms with van der Waals surface area (Å²) >= 11 is 5.86. The highest BCUT2D eigenvalue weighted by Gasteiger charge is 2.15. The van der Waals surface area contributed by atoms with Gasteiger partial charge >= 0.3 is 0 Å². The number of amides is 1. The van der Waals surface area contributed by atoms with Gasteiger partial charge in [-0.2, -0.15) is 0 Å². The first-order valence-electron chi connectivity index (χ1n) is 6.72. The van der Waals surface area contributed by atoms with Crippen LogP contribution in [0.3, 0.4) is 0 Å². The Morgan fingerprint density at radius 2 is 1.90 bits per heavy atom. The number of hydrogen-bond acceptors (Lipinski definition) is 3. The second-order valence-electron chi connectivity index (χ2n) is 4.75. The summed E-state index contributed by atoms with van der Waals surface area (Å²) < 4.78 is 0. The molecule has 21 heavy (non-hydrogen) atoms. The molecule has 0 saturated carbocycles. The second kappa shape index (κ2) is 7.11. The number of carbonyl (C=O) groups excluding carboxylic acids is 1. The van der Waals surface area contributed by atoms with E-state index in [0.29, 0.717) is 29.2 Å². The van der Waals surface area contributed by atoms with E-state index in [1.807, 2.05) is 30.3 Å². The summed E-state index contributed by atoms with van der Waals surface area (Å²) in [5.74, 6) is -0.194. The Morgan fingerprint density at radius 1 is 1.19 bits per heavy atom. The van der Waals surface area contributed by atoms with Crippen molar-refractivity contribution in [2.45, 2.75) is 12.5 Å². The first-order chi connectivity index (χ1) is 10.1. The Bertz CT molecular complexity index is 616. The molecule has 4 nitrogen and oxygen atoms in total. The quantitative estimate of drug-likeness (QED) is 0.743. The fourth-order valence-electron chi connectivity index (χ4n) is 2.10. The van der Waals surface area contributed by atoms with Crippen LogP contribution in [0.1, 0.15) is 28.4 Å². The van der Waals surface area contributed by atoms with Crippen molar-refractivity contribution in [2.24, 2.45) is 5.73 Å². The molecule has 2 aromatic carbocycles. The number of hydrogen-bond donors (Lipinski definition) is 3. The molecule has 0 aromatic heterocycles. The van der Waals surface area contributed by atoms with Gasteiger partial charge in [-0.05, 0) is 36.7 Å². The van der Waals surface area contributed by atoms with Crippen LogP contribution in [0.5, 0.6) is 0 Å². The molecule has 0 fully saturated rings. The van der Waals surface area contributed by atoms with Crippen molar-refractivity contribution < 1.29 is 4.79 Å². The number of rotatable bonds is 5. The molecule has 0 spiro atoms. The lowest BCUT2D eigenvalue weighted by molar-refractivity contribution is 0.0935. The van der Waals surface area contributed by atoms with Crippen molar-refractivity contribution in [1.82, 2.24) is 5.32 Å². The topological polar surface area (TPSA) is 81.1 Å². The van der Waals surface area contributed by atoms with Crippen LogP contribution in [-0.2, 0) is 0 Å². The molecular weight excluding hydrogens is 286 g/mol. The van der Waals surface area contributed by atoms with Crippen molar-refractivity contribution in [3.63, 3.8) is 0 Å². The van der Waals surface area contributed by atoms with Gasteiger partial charge in [-0.25, -0.2) is 0 Å². The SMILES string of the molecule is NCCC(NC(=O)c1ccc(Cl)c(N)c1)c1ccccc1. The Hall–Kier alpha value is -2.04. The van der Waals surface area contributed by atoms with Crippen molar-refractivity contribution in [3.05, 3.63) is 64.7 Å². The minimum Gasteiger partial charge on any atom is -0.398 e. The summed E-state index contributed by atoms with van der Waals surface area (Å²) in [5.41, 5.74) is 13.3. The highest BCUT2D eigenvalue weighted by atomic mass is 35.5. The number of nitrogen functional groups attached to an aromatic ring is 1. The Balaban J connectivity index is 2.16. The Morgan fingerprint density at radius 3 is 2.52 bits per heavy atom. The average molecular weight is 304 g/mol. The third-order valence-electron chi connectivity index (χ3n) is 3.22. The predicted molar refractivity (Wildman–Crippen MR) is 86.2 cm³/mol. The van der Waals surface area contributed by atoms with Gasteiger partial charge in [0.1, 0.15) is 0 Å². The van der Waals surface area contributed by atoms with Crippen LogP contribution in [0.4, 0.5) is 5.69 Å². The van der Waals surface area contributed by atoms with Crippen molar-refractivity contribution in [2.75, 3.05) is 12.3 Å². The molecule has 1 amide bonds. The molecule has 2 aromatic rings.